The fourth-order valence-corrected chi connectivity index (χ4v) is 2.36. The van der Waals surface area contributed by atoms with Crippen LogP contribution in [0.4, 0.5) is 0 Å². The Hall–Kier alpha value is -1.45. The number of aliphatic hydroxyl groups excluding tert-OH is 1. The molecule has 0 heterocycles. The highest BCUT2D eigenvalue weighted by Crippen LogP contribution is 2.25. The Labute approximate surface area is 105 Å². The smallest absolute Gasteiger partial charge is 0.115 e. The summed E-state index contributed by atoms with van der Waals surface area (Å²) in [5, 5.41) is 19.1. The van der Waals surface area contributed by atoms with Crippen molar-refractivity contribution in [1.82, 2.24) is 0 Å². The second-order valence-electron chi connectivity index (χ2n) is 3.73. The number of rotatable bonds is 4. The fourth-order valence-electron chi connectivity index (χ4n) is 1.49. The van der Waals surface area contributed by atoms with Crippen molar-refractivity contribution in [3.05, 3.63) is 60.2 Å². The van der Waals surface area contributed by atoms with E-state index in [0.717, 1.165) is 10.5 Å². The van der Waals surface area contributed by atoms with Crippen LogP contribution in [-0.4, -0.2) is 16.0 Å². The Kier molecular flexibility index (Phi) is 4.07. The Morgan fingerprint density at radius 1 is 0.941 bits per heavy atom. The maximum atomic E-state index is 9.97. The van der Waals surface area contributed by atoms with Crippen molar-refractivity contribution in [2.75, 3.05) is 5.75 Å². The maximum absolute atomic E-state index is 9.97. The summed E-state index contributed by atoms with van der Waals surface area (Å²) in [6.07, 6.45) is -0.463. The number of hydrogen-bond acceptors (Lipinski definition) is 3. The quantitative estimate of drug-likeness (QED) is 0.814. The van der Waals surface area contributed by atoms with Crippen molar-refractivity contribution in [2.24, 2.45) is 0 Å². The minimum Gasteiger partial charge on any atom is -0.508 e. The van der Waals surface area contributed by atoms with Gasteiger partial charge >= 0.3 is 0 Å². The molecule has 0 bridgehead atoms. The topological polar surface area (TPSA) is 40.5 Å². The monoisotopic (exact) mass is 246 g/mol. The summed E-state index contributed by atoms with van der Waals surface area (Å²) in [4.78, 5) is 1.04. The van der Waals surface area contributed by atoms with E-state index in [4.69, 9.17) is 5.11 Å². The molecule has 1 unspecified atom stereocenters. The first-order valence-corrected chi connectivity index (χ1v) is 6.39. The van der Waals surface area contributed by atoms with Crippen LogP contribution in [0, 0.1) is 0 Å². The molecule has 0 aliphatic carbocycles. The number of benzene rings is 2. The lowest BCUT2D eigenvalue weighted by Gasteiger charge is -2.10. The van der Waals surface area contributed by atoms with Crippen LogP contribution in [0.25, 0.3) is 0 Å². The van der Waals surface area contributed by atoms with Crippen LogP contribution in [0.3, 0.4) is 0 Å². The van der Waals surface area contributed by atoms with Crippen LogP contribution in [0.15, 0.2) is 59.5 Å². The molecular formula is C14H14O2S. The van der Waals surface area contributed by atoms with Crippen molar-refractivity contribution >= 4 is 11.8 Å². The average Bonchev–Trinajstić information content (AvgIpc) is 2.39. The molecule has 2 nitrogen and oxygen atoms in total. The van der Waals surface area contributed by atoms with Crippen molar-refractivity contribution in [3.63, 3.8) is 0 Å². The van der Waals surface area contributed by atoms with Gasteiger partial charge < -0.3 is 10.2 Å². The summed E-state index contributed by atoms with van der Waals surface area (Å²) in [5.41, 5.74) is 0.929. The second kappa shape index (κ2) is 5.75. The number of aliphatic hydroxyl groups is 1. The second-order valence-corrected chi connectivity index (χ2v) is 4.82. The third-order valence-electron chi connectivity index (χ3n) is 2.43. The number of aromatic hydroxyl groups is 1. The van der Waals surface area contributed by atoms with Crippen molar-refractivity contribution in [3.8, 4) is 5.75 Å². The zero-order valence-corrected chi connectivity index (χ0v) is 10.1. The zero-order chi connectivity index (χ0) is 12.1. The lowest BCUT2D eigenvalue weighted by atomic mass is 10.1. The van der Waals surface area contributed by atoms with Gasteiger partial charge in [-0.15, -0.1) is 11.8 Å². The molecule has 0 saturated carbocycles. The highest BCUT2D eigenvalue weighted by molar-refractivity contribution is 7.99. The lowest BCUT2D eigenvalue weighted by Crippen LogP contribution is -1.99. The first-order valence-electron chi connectivity index (χ1n) is 5.40. The first-order chi connectivity index (χ1) is 8.25. The van der Waals surface area contributed by atoms with Gasteiger partial charge in [-0.1, -0.05) is 30.3 Å². The number of phenolic OH excluding ortho intramolecular Hbond substituents is 1. The van der Waals surface area contributed by atoms with Crippen LogP contribution >= 0.6 is 11.8 Å². The molecule has 1 atom stereocenters. The Morgan fingerprint density at radius 2 is 1.59 bits per heavy atom. The summed E-state index contributed by atoms with van der Waals surface area (Å²) in [6.45, 7) is 0. The van der Waals surface area contributed by atoms with Gasteiger partial charge in [-0.3, -0.25) is 0 Å². The van der Waals surface area contributed by atoms with Gasteiger partial charge in [0, 0.05) is 10.6 Å². The van der Waals surface area contributed by atoms with Gasteiger partial charge in [0.05, 0.1) is 6.10 Å². The van der Waals surface area contributed by atoms with Crippen LogP contribution in [0.5, 0.6) is 5.75 Å². The van der Waals surface area contributed by atoms with Gasteiger partial charge in [-0.05, 0) is 29.8 Å². The predicted molar refractivity (Wildman–Crippen MR) is 70.2 cm³/mol. The Balaban J connectivity index is 1.92. The van der Waals surface area contributed by atoms with E-state index >= 15 is 0 Å². The summed E-state index contributed by atoms with van der Waals surface area (Å²) < 4.78 is 0. The standard InChI is InChI=1S/C14H14O2S/c15-12-6-8-13(9-7-12)17-10-14(16)11-4-2-1-3-5-11/h1-9,14-16H,10H2. The molecule has 3 heteroatoms. The van der Waals surface area contributed by atoms with Gasteiger partial charge in [0.15, 0.2) is 0 Å². The van der Waals surface area contributed by atoms with Crippen molar-refractivity contribution in [2.45, 2.75) is 11.0 Å². The third kappa shape index (κ3) is 3.51. The summed E-state index contributed by atoms with van der Waals surface area (Å²) in [6, 6.07) is 16.6. The van der Waals surface area contributed by atoms with E-state index in [1.54, 1.807) is 23.9 Å². The molecule has 0 aromatic heterocycles. The van der Waals surface area contributed by atoms with E-state index in [1.165, 1.54) is 0 Å². The van der Waals surface area contributed by atoms with E-state index in [-0.39, 0.29) is 5.75 Å². The summed E-state index contributed by atoms with van der Waals surface area (Å²) in [7, 11) is 0. The zero-order valence-electron chi connectivity index (χ0n) is 9.28. The molecule has 0 radical (unpaired) electrons. The molecule has 0 aliphatic rings. The van der Waals surface area contributed by atoms with E-state index in [0.29, 0.717) is 5.75 Å². The summed E-state index contributed by atoms with van der Waals surface area (Å²) >= 11 is 1.57. The number of phenols is 1. The van der Waals surface area contributed by atoms with Gasteiger partial charge in [-0.25, -0.2) is 0 Å². The maximum Gasteiger partial charge on any atom is 0.115 e. The molecular weight excluding hydrogens is 232 g/mol. The van der Waals surface area contributed by atoms with Gasteiger partial charge in [0.2, 0.25) is 0 Å². The molecule has 2 rings (SSSR count). The highest BCUT2D eigenvalue weighted by atomic mass is 32.2. The number of thioether (sulfide) groups is 1. The van der Waals surface area contributed by atoms with E-state index in [1.807, 2.05) is 42.5 Å². The predicted octanol–water partition coefficient (Wildman–Crippen LogP) is 3.22. The molecule has 0 aliphatic heterocycles. The SMILES string of the molecule is Oc1ccc(SCC(O)c2ccccc2)cc1. The minimum atomic E-state index is -0.463. The van der Waals surface area contributed by atoms with E-state index in [9.17, 15) is 5.11 Å². The molecule has 2 N–H and O–H groups in total. The summed E-state index contributed by atoms with van der Waals surface area (Å²) in [5.74, 6) is 0.868. The van der Waals surface area contributed by atoms with Gasteiger partial charge in [0.25, 0.3) is 0 Å². The highest BCUT2D eigenvalue weighted by Gasteiger charge is 2.07. The lowest BCUT2D eigenvalue weighted by molar-refractivity contribution is 0.204. The third-order valence-corrected chi connectivity index (χ3v) is 3.52. The Morgan fingerprint density at radius 3 is 2.24 bits per heavy atom. The molecule has 88 valence electrons. The van der Waals surface area contributed by atoms with Crippen molar-refractivity contribution in [1.29, 1.82) is 0 Å². The van der Waals surface area contributed by atoms with Crippen LogP contribution in [0.2, 0.25) is 0 Å². The molecule has 17 heavy (non-hydrogen) atoms. The van der Waals surface area contributed by atoms with Crippen molar-refractivity contribution < 1.29 is 10.2 Å². The molecule has 0 spiro atoms. The van der Waals surface area contributed by atoms with Crippen LogP contribution in [0.1, 0.15) is 11.7 Å². The van der Waals surface area contributed by atoms with Gasteiger partial charge in [-0.2, -0.15) is 0 Å². The van der Waals surface area contributed by atoms with E-state index in [2.05, 4.69) is 0 Å². The fraction of sp³-hybridized carbons (Fsp3) is 0.143. The molecule has 2 aromatic rings. The largest absolute Gasteiger partial charge is 0.508 e. The molecule has 0 fully saturated rings. The molecule has 0 amide bonds. The minimum absolute atomic E-state index is 0.262. The van der Waals surface area contributed by atoms with Crippen LogP contribution in [-0.2, 0) is 0 Å². The first kappa shape index (κ1) is 12.0. The molecule has 0 saturated heterocycles. The van der Waals surface area contributed by atoms with Gasteiger partial charge in [0.1, 0.15) is 5.75 Å². The normalized spacial score (nSPS) is 12.3. The van der Waals surface area contributed by atoms with Crippen LogP contribution < -0.4 is 0 Å². The number of hydrogen-bond donors (Lipinski definition) is 2. The Bertz CT molecular complexity index is 453. The average molecular weight is 246 g/mol. The molecule has 2 aromatic carbocycles. The van der Waals surface area contributed by atoms with E-state index < -0.39 is 6.10 Å².